The van der Waals surface area contributed by atoms with E-state index in [0.717, 1.165) is 0 Å². The summed E-state index contributed by atoms with van der Waals surface area (Å²) in [5, 5.41) is 7.12. The summed E-state index contributed by atoms with van der Waals surface area (Å²) in [5.41, 5.74) is 0. The van der Waals surface area contributed by atoms with Gasteiger partial charge in [-0.15, -0.1) is 0 Å². The molecular formula is C22H34F3N3O3S. The van der Waals surface area contributed by atoms with Gasteiger partial charge in [0.05, 0.1) is 30.6 Å². The van der Waals surface area contributed by atoms with Gasteiger partial charge in [0, 0.05) is 12.4 Å². The van der Waals surface area contributed by atoms with Gasteiger partial charge in [0.1, 0.15) is 0 Å². The molecule has 1 heterocycles. The topological polar surface area (TPSA) is 98.0 Å². The summed E-state index contributed by atoms with van der Waals surface area (Å²) in [5.74, 6) is -2.76. The maximum atomic E-state index is 10.6. The average molecular weight is 478 g/mol. The van der Waals surface area contributed by atoms with Crippen molar-refractivity contribution >= 4 is 23.2 Å². The zero-order chi connectivity index (χ0) is 24.2. The van der Waals surface area contributed by atoms with Gasteiger partial charge in [0.15, 0.2) is 0 Å². The third kappa shape index (κ3) is 20.0. The Kier molecular flexibility index (Phi) is 17.5. The smallest absolute Gasteiger partial charge is 0.490 e. The zero-order valence-electron chi connectivity index (χ0n) is 18.8. The van der Waals surface area contributed by atoms with E-state index in [4.69, 9.17) is 9.90 Å². The lowest BCUT2D eigenvalue weighted by atomic mass is 9.96. The number of carbonyl (C=O) groups is 1. The van der Waals surface area contributed by atoms with Crippen molar-refractivity contribution in [3.05, 3.63) is 30.6 Å². The van der Waals surface area contributed by atoms with Crippen LogP contribution in [0.1, 0.15) is 64.2 Å². The van der Waals surface area contributed by atoms with Crippen molar-refractivity contribution < 1.29 is 27.6 Å². The van der Waals surface area contributed by atoms with Crippen LogP contribution in [0.4, 0.5) is 13.2 Å². The van der Waals surface area contributed by atoms with E-state index < -0.39 is 23.3 Å². The first-order valence-electron chi connectivity index (χ1n) is 10.7. The Balaban J connectivity index is 0.000000471. The maximum Gasteiger partial charge on any atom is 0.490 e. The number of hydrogen-bond donors (Lipinski definition) is 1. The average Bonchev–Trinajstić information content (AvgIpc) is 2.76. The lowest BCUT2D eigenvalue weighted by molar-refractivity contribution is -0.192. The normalized spacial score (nSPS) is 16.6. The molecule has 1 aromatic rings. The molecule has 1 aromatic heterocycles. The second-order valence-corrected chi connectivity index (χ2v) is 8.99. The minimum Gasteiger partial charge on any atom is -0.617 e. The SMILES string of the molecule is C(=NC1CCCCC1)=NC1CCCCC1.C[S+](C)[O-].O=C(O)C(F)(F)F.c1ccncc1. The molecule has 0 atom stereocenters. The van der Waals surface area contributed by atoms with E-state index >= 15 is 0 Å². The maximum absolute atomic E-state index is 10.6. The van der Waals surface area contributed by atoms with Crippen molar-refractivity contribution in [3.8, 4) is 0 Å². The molecule has 10 heteroatoms. The van der Waals surface area contributed by atoms with Gasteiger partial charge in [-0.05, 0) is 37.8 Å². The molecule has 2 fully saturated rings. The van der Waals surface area contributed by atoms with Crippen molar-refractivity contribution in [2.24, 2.45) is 9.98 Å². The van der Waals surface area contributed by atoms with Crippen molar-refractivity contribution in [3.63, 3.8) is 0 Å². The van der Waals surface area contributed by atoms with Gasteiger partial charge in [0.2, 0.25) is 0 Å². The molecule has 0 radical (unpaired) electrons. The predicted molar refractivity (Wildman–Crippen MR) is 122 cm³/mol. The Hall–Kier alpha value is -1.90. The molecule has 1 N–H and O–H groups in total. The fourth-order valence-corrected chi connectivity index (χ4v) is 2.93. The highest BCUT2D eigenvalue weighted by atomic mass is 32.2. The van der Waals surface area contributed by atoms with E-state index in [0.29, 0.717) is 12.1 Å². The predicted octanol–water partition coefficient (Wildman–Crippen LogP) is 5.54. The summed E-state index contributed by atoms with van der Waals surface area (Å²) in [6, 6.07) is 9.76. The Morgan fingerprint density at radius 2 is 1.28 bits per heavy atom. The second kappa shape index (κ2) is 18.7. The van der Waals surface area contributed by atoms with E-state index in [1.165, 1.54) is 64.2 Å². The number of carboxylic acids is 1. The van der Waals surface area contributed by atoms with Crippen molar-refractivity contribution in [2.75, 3.05) is 12.5 Å². The van der Waals surface area contributed by atoms with E-state index in [1.807, 2.05) is 18.2 Å². The molecular weight excluding hydrogens is 443 g/mol. The number of nitrogens with zero attached hydrogens (tertiary/aromatic N) is 3. The number of alkyl halides is 3. The molecule has 32 heavy (non-hydrogen) atoms. The van der Waals surface area contributed by atoms with Gasteiger partial charge in [-0.25, -0.2) is 14.8 Å². The Morgan fingerprint density at radius 3 is 1.50 bits per heavy atom. The van der Waals surface area contributed by atoms with Crippen LogP contribution >= 0.6 is 0 Å². The molecule has 2 aliphatic rings. The highest BCUT2D eigenvalue weighted by molar-refractivity contribution is 7.89. The zero-order valence-corrected chi connectivity index (χ0v) is 19.6. The van der Waals surface area contributed by atoms with Crippen LogP contribution in [0.25, 0.3) is 0 Å². The quantitative estimate of drug-likeness (QED) is 0.447. The third-order valence-corrected chi connectivity index (χ3v) is 4.44. The van der Waals surface area contributed by atoms with E-state index in [9.17, 15) is 17.7 Å². The van der Waals surface area contributed by atoms with Crippen LogP contribution in [0, 0.1) is 0 Å². The van der Waals surface area contributed by atoms with Crippen LogP contribution in [0.3, 0.4) is 0 Å². The van der Waals surface area contributed by atoms with Crippen molar-refractivity contribution in [1.82, 2.24) is 4.98 Å². The van der Waals surface area contributed by atoms with Crippen LogP contribution in [-0.4, -0.2) is 57.4 Å². The summed E-state index contributed by atoms with van der Waals surface area (Å²) >= 11 is -0.611. The molecule has 182 valence electrons. The first-order valence-corrected chi connectivity index (χ1v) is 12.6. The summed E-state index contributed by atoms with van der Waals surface area (Å²) < 4.78 is 41.3. The Labute approximate surface area is 191 Å². The number of aromatic nitrogens is 1. The third-order valence-electron chi connectivity index (χ3n) is 4.44. The second-order valence-electron chi connectivity index (χ2n) is 7.51. The van der Waals surface area contributed by atoms with Crippen LogP contribution in [0.5, 0.6) is 0 Å². The van der Waals surface area contributed by atoms with Gasteiger partial charge in [-0.1, -0.05) is 55.8 Å². The summed E-state index contributed by atoms with van der Waals surface area (Å²) in [7, 11) is 0. The van der Waals surface area contributed by atoms with E-state index in [-0.39, 0.29) is 0 Å². The first-order chi connectivity index (χ1) is 15.1. The molecule has 3 rings (SSSR count). The highest BCUT2D eigenvalue weighted by Gasteiger charge is 2.38. The Morgan fingerprint density at radius 1 is 0.938 bits per heavy atom. The number of carboxylic acid groups (broad SMARTS) is 1. The van der Waals surface area contributed by atoms with Gasteiger partial charge < -0.3 is 9.66 Å². The van der Waals surface area contributed by atoms with Gasteiger partial charge in [-0.3, -0.25) is 4.98 Å². The van der Waals surface area contributed by atoms with Crippen LogP contribution in [-0.2, 0) is 16.0 Å². The summed E-state index contributed by atoms with van der Waals surface area (Å²) in [6.07, 6.45) is 14.9. The minimum atomic E-state index is -5.08. The number of halogens is 3. The largest absolute Gasteiger partial charge is 0.617 e. The molecule has 6 nitrogen and oxygen atoms in total. The summed E-state index contributed by atoms with van der Waals surface area (Å²) in [6.45, 7) is 0. The lowest BCUT2D eigenvalue weighted by Crippen LogP contribution is -2.21. The molecule has 0 unspecified atom stereocenters. The highest BCUT2D eigenvalue weighted by Crippen LogP contribution is 2.21. The molecule has 0 aromatic carbocycles. The minimum absolute atomic E-state index is 0.533. The van der Waals surface area contributed by atoms with E-state index in [2.05, 4.69) is 21.0 Å². The monoisotopic (exact) mass is 477 g/mol. The summed E-state index contributed by atoms with van der Waals surface area (Å²) in [4.78, 5) is 21.6. The van der Waals surface area contributed by atoms with Gasteiger partial charge in [-0.2, -0.15) is 13.2 Å². The number of hydrogen-bond acceptors (Lipinski definition) is 5. The molecule has 0 aliphatic heterocycles. The molecule has 0 saturated heterocycles. The van der Waals surface area contributed by atoms with Gasteiger partial charge >= 0.3 is 12.1 Å². The molecule has 2 aliphatic carbocycles. The fourth-order valence-electron chi connectivity index (χ4n) is 2.93. The first kappa shape index (κ1) is 30.1. The lowest BCUT2D eigenvalue weighted by Gasteiger charge is -2.17. The molecule has 0 amide bonds. The van der Waals surface area contributed by atoms with Crippen LogP contribution < -0.4 is 0 Å². The fraction of sp³-hybridized carbons (Fsp3) is 0.682. The van der Waals surface area contributed by atoms with Crippen LogP contribution in [0.2, 0.25) is 0 Å². The van der Waals surface area contributed by atoms with Crippen molar-refractivity contribution in [2.45, 2.75) is 82.5 Å². The standard InChI is InChI=1S/C13H22N2.C5H5N.C2HF3O2.C2H6OS/c1-3-7-12(8-4-1)14-11-15-13-9-5-2-6-10-13;1-2-4-6-5-3-1;3-2(4,5)1(6)7;1-4(2)3/h12-13H,1-10H2;1-5H;(H,6,7);1-2H3. The number of pyridine rings is 1. The molecule has 0 bridgehead atoms. The molecule has 2 saturated carbocycles. The van der Waals surface area contributed by atoms with E-state index in [1.54, 1.807) is 24.9 Å². The van der Waals surface area contributed by atoms with Crippen molar-refractivity contribution in [1.29, 1.82) is 0 Å². The molecule has 0 spiro atoms. The number of aliphatic carboxylic acids is 1. The van der Waals surface area contributed by atoms with Crippen LogP contribution in [0.15, 0.2) is 40.6 Å². The van der Waals surface area contributed by atoms with Gasteiger partial charge in [0.25, 0.3) is 0 Å². The Bertz CT molecular complexity index is 591. The number of aliphatic imine (C=N–C) groups is 2. The number of rotatable bonds is 2.